The molecule has 2 rings (SSSR count). The Morgan fingerprint density at radius 2 is 1.66 bits per heavy atom. The lowest BCUT2D eigenvalue weighted by atomic mass is 10.0. The van der Waals surface area contributed by atoms with Crippen molar-refractivity contribution in [1.29, 1.82) is 0 Å². The topological polar surface area (TPSA) is 96.0 Å². The van der Waals surface area contributed by atoms with Gasteiger partial charge in [-0.1, -0.05) is 38.1 Å². The summed E-state index contributed by atoms with van der Waals surface area (Å²) in [6.07, 6.45) is 2.85. The van der Waals surface area contributed by atoms with E-state index in [0.29, 0.717) is 37.4 Å². The maximum absolute atomic E-state index is 13.6. The standard InChI is InChI=1S/C29H43N3O5S/c1-7-23(5)30-29(34)27(8-2)31(21-24-14-11-10-13-22(24)4)28(33)15-12-20-32(38(6,35)36)25-16-18-26(19-17-25)37-9-3/h10-11,13-14,16-19,23,27H,7-9,12,15,20-21H2,1-6H3,(H,30,34)/t23-,27+/m1/s1. The van der Waals surface area contributed by atoms with Crippen LogP contribution in [0.25, 0.3) is 0 Å². The summed E-state index contributed by atoms with van der Waals surface area (Å²) in [5.74, 6) is 0.309. The predicted octanol–water partition coefficient (Wildman–Crippen LogP) is 4.66. The Bertz CT molecular complexity index is 1150. The van der Waals surface area contributed by atoms with E-state index in [-0.39, 0.29) is 30.8 Å². The first kappa shape index (κ1) is 31.1. The van der Waals surface area contributed by atoms with Crippen molar-refractivity contribution in [3.8, 4) is 5.75 Å². The fourth-order valence-electron chi connectivity index (χ4n) is 4.21. The second-order valence-corrected chi connectivity index (χ2v) is 11.5. The Balaban J connectivity index is 2.22. The molecule has 0 unspecified atom stereocenters. The average Bonchev–Trinajstić information content (AvgIpc) is 2.87. The first-order valence-electron chi connectivity index (χ1n) is 13.4. The van der Waals surface area contributed by atoms with Crippen molar-refractivity contribution in [3.63, 3.8) is 0 Å². The van der Waals surface area contributed by atoms with Gasteiger partial charge in [0.25, 0.3) is 0 Å². The van der Waals surface area contributed by atoms with E-state index in [9.17, 15) is 18.0 Å². The fourth-order valence-corrected chi connectivity index (χ4v) is 5.18. The minimum absolute atomic E-state index is 0.00407. The summed E-state index contributed by atoms with van der Waals surface area (Å²) in [6, 6.07) is 14.1. The Hall–Kier alpha value is -3.07. The highest BCUT2D eigenvalue weighted by molar-refractivity contribution is 7.92. The summed E-state index contributed by atoms with van der Waals surface area (Å²) in [4.78, 5) is 28.3. The minimum Gasteiger partial charge on any atom is -0.494 e. The van der Waals surface area contributed by atoms with Crippen molar-refractivity contribution in [3.05, 3.63) is 59.7 Å². The van der Waals surface area contributed by atoms with Crippen LogP contribution in [0.1, 0.15) is 64.5 Å². The molecule has 2 aromatic carbocycles. The van der Waals surface area contributed by atoms with Gasteiger partial charge in [-0.2, -0.15) is 0 Å². The number of aryl methyl sites for hydroxylation is 1. The first-order valence-corrected chi connectivity index (χ1v) is 15.2. The van der Waals surface area contributed by atoms with Gasteiger partial charge in [0, 0.05) is 25.6 Å². The fraction of sp³-hybridized carbons (Fsp3) is 0.517. The van der Waals surface area contributed by atoms with Crippen LogP contribution < -0.4 is 14.4 Å². The van der Waals surface area contributed by atoms with Crippen LogP contribution >= 0.6 is 0 Å². The van der Waals surface area contributed by atoms with E-state index < -0.39 is 16.1 Å². The maximum Gasteiger partial charge on any atom is 0.243 e. The lowest BCUT2D eigenvalue weighted by Gasteiger charge is -2.32. The van der Waals surface area contributed by atoms with Crippen LogP contribution in [-0.4, -0.2) is 56.6 Å². The third kappa shape index (κ3) is 9.04. The smallest absolute Gasteiger partial charge is 0.243 e. The largest absolute Gasteiger partial charge is 0.494 e. The van der Waals surface area contributed by atoms with Gasteiger partial charge in [0.05, 0.1) is 18.6 Å². The van der Waals surface area contributed by atoms with Crippen LogP contribution in [0, 0.1) is 6.92 Å². The summed E-state index contributed by atoms with van der Waals surface area (Å²) in [5.41, 5.74) is 2.53. The van der Waals surface area contributed by atoms with Gasteiger partial charge in [-0.3, -0.25) is 13.9 Å². The molecule has 9 heteroatoms. The Labute approximate surface area is 228 Å². The molecular formula is C29H43N3O5S. The Morgan fingerprint density at radius 3 is 2.21 bits per heavy atom. The van der Waals surface area contributed by atoms with Crippen LogP contribution in [-0.2, 0) is 26.2 Å². The van der Waals surface area contributed by atoms with Crippen LogP contribution in [0.3, 0.4) is 0 Å². The number of rotatable bonds is 15. The molecular weight excluding hydrogens is 502 g/mol. The van der Waals surface area contributed by atoms with Crippen molar-refractivity contribution < 1.29 is 22.7 Å². The highest BCUT2D eigenvalue weighted by atomic mass is 32.2. The summed E-state index contributed by atoms with van der Waals surface area (Å²) < 4.78 is 31.9. The monoisotopic (exact) mass is 545 g/mol. The highest BCUT2D eigenvalue weighted by Gasteiger charge is 2.29. The van der Waals surface area contributed by atoms with Crippen LogP contribution in [0.4, 0.5) is 5.69 Å². The SMILES string of the molecule is CCOc1ccc(N(CCCC(=O)N(Cc2ccccc2C)[C@@H](CC)C(=O)N[C@H](C)CC)S(C)(=O)=O)cc1. The number of nitrogens with one attached hydrogen (secondary N) is 1. The van der Waals surface area contributed by atoms with Crippen LogP contribution in [0.2, 0.25) is 0 Å². The van der Waals surface area contributed by atoms with E-state index in [2.05, 4.69) is 5.32 Å². The lowest BCUT2D eigenvalue weighted by molar-refractivity contribution is -0.141. The van der Waals surface area contributed by atoms with Crippen LogP contribution in [0.15, 0.2) is 48.5 Å². The van der Waals surface area contributed by atoms with E-state index in [0.717, 1.165) is 23.8 Å². The van der Waals surface area contributed by atoms with Crippen LogP contribution in [0.5, 0.6) is 5.75 Å². The summed E-state index contributed by atoms with van der Waals surface area (Å²) in [5, 5.41) is 3.01. The van der Waals surface area contributed by atoms with Gasteiger partial charge in [-0.25, -0.2) is 8.42 Å². The maximum atomic E-state index is 13.6. The van der Waals surface area contributed by atoms with Gasteiger partial charge in [-0.15, -0.1) is 0 Å². The number of nitrogens with zero attached hydrogens (tertiary/aromatic N) is 2. The molecule has 210 valence electrons. The first-order chi connectivity index (χ1) is 18.0. The zero-order valence-corrected chi connectivity index (χ0v) is 24.4. The third-order valence-corrected chi connectivity index (χ3v) is 7.77. The van der Waals surface area contributed by atoms with Gasteiger partial charge in [0.1, 0.15) is 11.8 Å². The lowest BCUT2D eigenvalue weighted by Crippen LogP contribution is -2.50. The van der Waals surface area contributed by atoms with E-state index in [1.54, 1.807) is 29.2 Å². The molecule has 1 N–H and O–H groups in total. The number of sulfonamides is 1. The quantitative estimate of drug-likeness (QED) is 0.351. The second-order valence-electron chi connectivity index (χ2n) is 9.56. The number of carbonyl (C=O) groups is 2. The Kier molecular flexibility index (Phi) is 12.1. The molecule has 0 spiro atoms. The summed E-state index contributed by atoms with van der Waals surface area (Å²) >= 11 is 0. The van der Waals surface area contributed by atoms with Gasteiger partial charge in [-0.05, 0) is 75.4 Å². The number of hydrogen-bond donors (Lipinski definition) is 1. The highest BCUT2D eigenvalue weighted by Crippen LogP contribution is 2.23. The van der Waals surface area contributed by atoms with Crippen molar-refractivity contribution in [1.82, 2.24) is 10.2 Å². The molecule has 0 fully saturated rings. The molecule has 0 heterocycles. The molecule has 0 aliphatic heterocycles. The summed E-state index contributed by atoms with van der Waals surface area (Å²) in [7, 11) is -3.56. The second kappa shape index (κ2) is 14.8. The van der Waals surface area contributed by atoms with Crippen molar-refractivity contribution in [2.75, 3.05) is 23.7 Å². The normalized spacial score (nSPS) is 12.9. The molecule has 0 aliphatic carbocycles. The van der Waals surface area contributed by atoms with E-state index in [1.807, 2.05) is 58.9 Å². The Morgan fingerprint density at radius 1 is 1.00 bits per heavy atom. The van der Waals surface area contributed by atoms with Gasteiger partial charge >= 0.3 is 0 Å². The van der Waals surface area contributed by atoms with Crippen molar-refractivity contribution in [2.45, 2.75) is 78.9 Å². The molecule has 0 saturated carbocycles. The third-order valence-electron chi connectivity index (χ3n) is 6.58. The van der Waals surface area contributed by atoms with E-state index in [4.69, 9.17) is 4.74 Å². The van der Waals surface area contributed by atoms with Crippen molar-refractivity contribution >= 4 is 27.5 Å². The molecule has 2 atom stereocenters. The molecule has 2 amide bonds. The molecule has 0 saturated heterocycles. The molecule has 0 aliphatic rings. The molecule has 8 nitrogen and oxygen atoms in total. The number of anilines is 1. The van der Waals surface area contributed by atoms with Gasteiger partial charge in [0.15, 0.2) is 0 Å². The van der Waals surface area contributed by atoms with Gasteiger partial charge in [0.2, 0.25) is 21.8 Å². The predicted molar refractivity (Wildman–Crippen MR) is 153 cm³/mol. The molecule has 2 aromatic rings. The minimum atomic E-state index is -3.56. The molecule has 38 heavy (non-hydrogen) atoms. The van der Waals surface area contributed by atoms with Crippen molar-refractivity contribution in [2.24, 2.45) is 0 Å². The number of carbonyl (C=O) groups excluding carboxylic acids is 2. The summed E-state index contributed by atoms with van der Waals surface area (Å²) in [6.45, 7) is 10.7. The molecule has 0 bridgehead atoms. The number of benzene rings is 2. The average molecular weight is 546 g/mol. The number of amides is 2. The molecule has 0 aromatic heterocycles. The van der Waals surface area contributed by atoms with E-state index >= 15 is 0 Å². The zero-order valence-electron chi connectivity index (χ0n) is 23.6. The molecule has 0 radical (unpaired) electrons. The number of ether oxygens (including phenoxy) is 1. The van der Waals surface area contributed by atoms with E-state index in [1.165, 1.54) is 4.31 Å². The van der Waals surface area contributed by atoms with Gasteiger partial charge < -0.3 is 15.0 Å². The zero-order chi connectivity index (χ0) is 28.3. The number of hydrogen-bond acceptors (Lipinski definition) is 5.